The summed E-state index contributed by atoms with van der Waals surface area (Å²) in [5.74, 6) is 0.475. The Bertz CT molecular complexity index is 385. The third-order valence-electron chi connectivity index (χ3n) is 2.40. The van der Waals surface area contributed by atoms with Gasteiger partial charge in [0.25, 0.3) is 0 Å². The number of benzene rings is 1. The van der Waals surface area contributed by atoms with Crippen LogP contribution in [0.2, 0.25) is 0 Å². The molecule has 1 saturated carbocycles. The standard InChI is InChI=1S/C11H11IO3/c1-14-10(13)11(6-7-11)15-9-5-3-2-4-8(9)12/h2-5H,6-7H2,1H3. The third-order valence-corrected chi connectivity index (χ3v) is 3.29. The minimum atomic E-state index is -0.712. The number of carbonyl (C=O) groups excluding carboxylic acids is 1. The number of methoxy groups -OCH3 is 1. The van der Waals surface area contributed by atoms with Crippen molar-refractivity contribution in [3.05, 3.63) is 27.8 Å². The molecule has 3 nitrogen and oxygen atoms in total. The fourth-order valence-corrected chi connectivity index (χ4v) is 1.88. The molecule has 0 bridgehead atoms. The molecule has 2 rings (SSSR count). The molecule has 0 radical (unpaired) electrons. The van der Waals surface area contributed by atoms with Gasteiger partial charge in [-0.3, -0.25) is 0 Å². The molecular weight excluding hydrogens is 307 g/mol. The van der Waals surface area contributed by atoms with Gasteiger partial charge >= 0.3 is 5.97 Å². The lowest BCUT2D eigenvalue weighted by atomic mass is 10.3. The van der Waals surface area contributed by atoms with E-state index in [9.17, 15) is 4.79 Å². The fourth-order valence-electron chi connectivity index (χ4n) is 1.39. The lowest BCUT2D eigenvalue weighted by molar-refractivity contribution is -0.151. The molecule has 1 aromatic rings. The van der Waals surface area contributed by atoms with E-state index in [0.29, 0.717) is 0 Å². The second-order valence-corrected chi connectivity index (χ2v) is 4.68. The molecule has 0 aromatic heterocycles. The van der Waals surface area contributed by atoms with Crippen LogP contribution >= 0.6 is 22.6 Å². The number of halogens is 1. The zero-order valence-corrected chi connectivity index (χ0v) is 10.5. The van der Waals surface area contributed by atoms with Gasteiger partial charge in [0, 0.05) is 12.8 Å². The molecular formula is C11H11IO3. The largest absolute Gasteiger partial charge is 0.474 e. The number of carbonyl (C=O) groups is 1. The summed E-state index contributed by atoms with van der Waals surface area (Å²) in [6.45, 7) is 0. The van der Waals surface area contributed by atoms with Crippen molar-refractivity contribution in [2.75, 3.05) is 7.11 Å². The van der Waals surface area contributed by atoms with Gasteiger partial charge in [0.1, 0.15) is 5.75 Å². The predicted molar refractivity (Wildman–Crippen MR) is 63.8 cm³/mol. The first kappa shape index (κ1) is 10.7. The topological polar surface area (TPSA) is 35.5 Å². The Kier molecular flexibility index (Phi) is 2.86. The van der Waals surface area contributed by atoms with Gasteiger partial charge in [0.2, 0.25) is 5.60 Å². The fraction of sp³-hybridized carbons (Fsp3) is 0.364. The summed E-state index contributed by atoms with van der Waals surface area (Å²) in [7, 11) is 1.39. The maximum atomic E-state index is 11.5. The highest BCUT2D eigenvalue weighted by atomic mass is 127. The van der Waals surface area contributed by atoms with Crippen molar-refractivity contribution in [1.82, 2.24) is 0 Å². The molecule has 80 valence electrons. The van der Waals surface area contributed by atoms with Crippen LogP contribution in [0.5, 0.6) is 5.75 Å². The molecule has 15 heavy (non-hydrogen) atoms. The number of rotatable bonds is 3. The van der Waals surface area contributed by atoms with Gasteiger partial charge in [-0.1, -0.05) is 12.1 Å². The Morgan fingerprint density at radius 3 is 2.60 bits per heavy atom. The first-order valence-corrected chi connectivity index (χ1v) is 5.78. The van der Waals surface area contributed by atoms with Crippen LogP contribution in [0.15, 0.2) is 24.3 Å². The Morgan fingerprint density at radius 1 is 1.40 bits per heavy atom. The summed E-state index contributed by atoms with van der Waals surface area (Å²) >= 11 is 2.19. The molecule has 0 aliphatic heterocycles. The highest BCUT2D eigenvalue weighted by molar-refractivity contribution is 14.1. The first-order chi connectivity index (χ1) is 7.18. The van der Waals surface area contributed by atoms with Crippen molar-refractivity contribution in [3.63, 3.8) is 0 Å². The van der Waals surface area contributed by atoms with Gasteiger partial charge in [-0.25, -0.2) is 4.79 Å². The van der Waals surface area contributed by atoms with E-state index in [1.165, 1.54) is 7.11 Å². The number of para-hydroxylation sites is 1. The van der Waals surface area contributed by atoms with Crippen LogP contribution in [0.3, 0.4) is 0 Å². The summed E-state index contributed by atoms with van der Waals surface area (Å²) in [6, 6.07) is 7.64. The predicted octanol–water partition coefficient (Wildman–Crippen LogP) is 2.38. The van der Waals surface area contributed by atoms with Crippen molar-refractivity contribution in [2.24, 2.45) is 0 Å². The minimum Gasteiger partial charge on any atom is -0.474 e. The second-order valence-electron chi connectivity index (χ2n) is 3.52. The van der Waals surface area contributed by atoms with Crippen molar-refractivity contribution in [3.8, 4) is 5.75 Å². The van der Waals surface area contributed by atoms with E-state index in [0.717, 1.165) is 22.2 Å². The Labute approximate surface area is 102 Å². The van der Waals surface area contributed by atoms with E-state index in [1.807, 2.05) is 24.3 Å². The number of hydrogen-bond acceptors (Lipinski definition) is 3. The van der Waals surface area contributed by atoms with Crippen LogP contribution in [0.25, 0.3) is 0 Å². The summed E-state index contributed by atoms with van der Waals surface area (Å²) in [4.78, 5) is 11.5. The van der Waals surface area contributed by atoms with Gasteiger partial charge in [-0.15, -0.1) is 0 Å². The number of ether oxygens (including phenoxy) is 2. The molecule has 0 heterocycles. The average Bonchev–Trinajstić information content (AvgIpc) is 3.01. The van der Waals surface area contributed by atoms with Crippen LogP contribution in [-0.2, 0) is 9.53 Å². The smallest absolute Gasteiger partial charge is 0.350 e. The molecule has 0 unspecified atom stereocenters. The minimum absolute atomic E-state index is 0.276. The van der Waals surface area contributed by atoms with E-state index >= 15 is 0 Å². The molecule has 0 amide bonds. The molecule has 1 fully saturated rings. The maximum absolute atomic E-state index is 11.5. The van der Waals surface area contributed by atoms with Crippen molar-refractivity contribution in [2.45, 2.75) is 18.4 Å². The molecule has 1 aliphatic rings. The third kappa shape index (κ3) is 2.09. The van der Waals surface area contributed by atoms with E-state index in [2.05, 4.69) is 22.6 Å². The zero-order chi connectivity index (χ0) is 10.9. The molecule has 1 aliphatic carbocycles. The van der Waals surface area contributed by atoms with Gasteiger partial charge in [-0.2, -0.15) is 0 Å². The summed E-state index contributed by atoms with van der Waals surface area (Å²) in [6.07, 6.45) is 1.48. The maximum Gasteiger partial charge on any atom is 0.350 e. The summed E-state index contributed by atoms with van der Waals surface area (Å²) in [5, 5.41) is 0. The van der Waals surface area contributed by atoms with Crippen LogP contribution in [0.4, 0.5) is 0 Å². The van der Waals surface area contributed by atoms with Gasteiger partial charge < -0.3 is 9.47 Å². The van der Waals surface area contributed by atoms with Crippen molar-refractivity contribution < 1.29 is 14.3 Å². The van der Waals surface area contributed by atoms with Crippen molar-refractivity contribution >= 4 is 28.6 Å². The lowest BCUT2D eigenvalue weighted by Crippen LogP contribution is -2.30. The monoisotopic (exact) mass is 318 g/mol. The van der Waals surface area contributed by atoms with Crippen LogP contribution < -0.4 is 4.74 Å². The van der Waals surface area contributed by atoms with E-state index < -0.39 is 5.60 Å². The zero-order valence-electron chi connectivity index (χ0n) is 8.33. The molecule has 0 atom stereocenters. The number of esters is 1. The second kappa shape index (κ2) is 4.00. The number of hydrogen-bond donors (Lipinski definition) is 0. The molecule has 0 spiro atoms. The summed E-state index contributed by atoms with van der Waals surface area (Å²) in [5.41, 5.74) is -0.712. The highest BCUT2D eigenvalue weighted by Gasteiger charge is 2.54. The lowest BCUT2D eigenvalue weighted by Gasteiger charge is -2.16. The molecule has 1 aromatic carbocycles. The van der Waals surface area contributed by atoms with Crippen LogP contribution in [-0.4, -0.2) is 18.7 Å². The van der Waals surface area contributed by atoms with Crippen molar-refractivity contribution in [1.29, 1.82) is 0 Å². The average molecular weight is 318 g/mol. The van der Waals surface area contributed by atoms with Gasteiger partial charge in [0.15, 0.2) is 0 Å². The molecule has 4 heteroatoms. The molecule has 0 saturated heterocycles. The van der Waals surface area contributed by atoms with E-state index in [-0.39, 0.29) is 5.97 Å². The van der Waals surface area contributed by atoms with Gasteiger partial charge in [0.05, 0.1) is 10.7 Å². The SMILES string of the molecule is COC(=O)C1(Oc2ccccc2I)CC1. The Balaban J connectivity index is 2.16. The van der Waals surface area contributed by atoms with Gasteiger partial charge in [-0.05, 0) is 34.7 Å². The first-order valence-electron chi connectivity index (χ1n) is 4.70. The highest BCUT2D eigenvalue weighted by Crippen LogP contribution is 2.42. The van der Waals surface area contributed by atoms with Crippen LogP contribution in [0, 0.1) is 3.57 Å². The Morgan fingerprint density at radius 2 is 2.07 bits per heavy atom. The quantitative estimate of drug-likeness (QED) is 0.634. The Hall–Kier alpha value is -0.780. The summed E-state index contributed by atoms with van der Waals surface area (Å²) < 4.78 is 11.4. The van der Waals surface area contributed by atoms with E-state index in [1.54, 1.807) is 0 Å². The normalized spacial score (nSPS) is 16.9. The molecule has 0 N–H and O–H groups in total. The van der Waals surface area contributed by atoms with E-state index in [4.69, 9.17) is 9.47 Å². The van der Waals surface area contributed by atoms with Crippen LogP contribution in [0.1, 0.15) is 12.8 Å².